The molecule has 0 aliphatic carbocycles. The van der Waals surface area contributed by atoms with Crippen LogP contribution in [0.5, 0.6) is 0 Å². The molecule has 3 aromatic rings. The molecule has 1 aromatic carbocycles. The molecule has 0 bridgehead atoms. The van der Waals surface area contributed by atoms with Gasteiger partial charge in [0, 0.05) is 41.8 Å². The van der Waals surface area contributed by atoms with Crippen molar-refractivity contribution in [1.82, 2.24) is 20.1 Å². The van der Waals surface area contributed by atoms with Gasteiger partial charge in [0.05, 0.1) is 0 Å². The fourth-order valence-corrected chi connectivity index (χ4v) is 3.77. The van der Waals surface area contributed by atoms with E-state index in [-0.39, 0.29) is 11.3 Å². The van der Waals surface area contributed by atoms with Crippen LogP contribution in [0.15, 0.2) is 36.5 Å². The lowest BCUT2D eigenvalue weighted by Crippen LogP contribution is -2.38. The van der Waals surface area contributed by atoms with Gasteiger partial charge in [0.2, 0.25) is 0 Å². The van der Waals surface area contributed by atoms with Crippen molar-refractivity contribution in [2.24, 2.45) is 0 Å². The van der Waals surface area contributed by atoms with Gasteiger partial charge in [-0.3, -0.25) is 9.89 Å². The number of nitrogens with zero attached hydrogens (tertiary/aromatic N) is 2. The molecule has 2 N–H and O–H groups in total. The standard InChI is InChI=1S/C21H26N4O/c1-21(2,3)16-5-4-15-12-19(23-18(15)13-16)20(26)25-10-7-14(8-11-25)17-6-9-22-24-17/h4-6,9,12-14,23H,7-8,10-11H2,1-3H3,(H,22,24). The zero-order valence-electron chi connectivity index (χ0n) is 15.7. The van der Waals surface area contributed by atoms with Crippen molar-refractivity contribution in [3.63, 3.8) is 0 Å². The predicted molar refractivity (Wildman–Crippen MR) is 103 cm³/mol. The first-order valence-electron chi connectivity index (χ1n) is 9.33. The molecular weight excluding hydrogens is 324 g/mol. The van der Waals surface area contributed by atoms with Gasteiger partial charge in [-0.2, -0.15) is 5.10 Å². The minimum atomic E-state index is 0.0953. The Morgan fingerprint density at radius 1 is 1.15 bits per heavy atom. The Morgan fingerprint density at radius 3 is 2.58 bits per heavy atom. The zero-order valence-corrected chi connectivity index (χ0v) is 15.7. The van der Waals surface area contributed by atoms with Gasteiger partial charge in [0.15, 0.2) is 0 Å². The monoisotopic (exact) mass is 350 g/mol. The van der Waals surface area contributed by atoms with Crippen molar-refractivity contribution in [1.29, 1.82) is 0 Å². The van der Waals surface area contributed by atoms with Crippen molar-refractivity contribution in [2.45, 2.75) is 44.9 Å². The zero-order chi connectivity index (χ0) is 18.3. The third-order valence-corrected chi connectivity index (χ3v) is 5.46. The van der Waals surface area contributed by atoms with E-state index in [1.54, 1.807) is 6.20 Å². The second-order valence-corrected chi connectivity index (χ2v) is 8.31. The van der Waals surface area contributed by atoms with Crippen LogP contribution in [0.2, 0.25) is 0 Å². The highest BCUT2D eigenvalue weighted by Crippen LogP contribution is 2.29. The van der Waals surface area contributed by atoms with Crippen LogP contribution in [0, 0.1) is 0 Å². The van der Waals surface area contributed by atoms with Gasteiger partial charge < -0.3 is 9.88 Å². The van der Waals surface area contributed by atoms with E-state index in [0.29, 0.717) is 11.6 Å². The Balaban J connectivity index is 1.50. The van der Waals surface area contributed by atoms with Crippen LogP contribution in [0.25, 0.3) is 10.9 Å². The quantitative estimate of drug-likeness (QED) is 0.727. The van der Waals surface area contributed by atoms with Crippen LogP contribution in [0.1, 0.15) is 61.3 Å². The van der Waals surface area contributed by atoms with Crippen LogP contribution in [0.4, 0.5) is 0 Å². The topological polar surface area (TPSA) is 64.8 Å². The van der Waals surface area contributed by atoms with E-state index in [9.17, 15) is 4.79 Å². The summed E-state index contributed by atoms with van der Waals surface area (Å²) in [5.41, 5.74) is 4.26. The van der Waals surface area contributed by atoms with Crippen molar-refractivity contribution < 1.29 is 4.79 Å². The maximum absolute atomic E-state index is 12.9. The number of likely N-dealkylation sites (tertiary alicyclic amines) is 1. The summed E-state index contributed by atoms with van der Waals surface area (Å²) < 4.78 is 0. The number of carbonyl (C=O) groups is 1. The van der Waals surface area contributed by atoms with Crippen molar-refractivity contribution in [3.05, 3.63) is 53.5 Å². The van der Waals surface area contributed by atoms with Crippen LogP contribution >= 0.6 is 0 Å². The molecule has 136 valence electrons. The summed E-state index contributed by atoms with van der Waals surface area (Å²) in [5, 5.41) is 8.19. The average Bonchev–Trinajstić information content (AvgIpc) is 3.29. The van der Waals surface area contributed by atoms with E-state index >= 15 is 0 Å². The summed E-state index contributed by atoms with van der Waals surface area (Å²) in [6.07, 6.45) is 3.74. The highest BCUT2D eigenvalue weighted by atomic mass is 16.2. The second kappa shape index (κ2) is 6.31. The van der Waals surface area contributed by atoms with Crippen LogP contribution in [0.3, 0.4) is 0 Å². The van der Waals surface area contributed by atoms with E-state index in [4.69, 9.17) is 0 Å². The lowest BCUT2D eigenvalue weighted by Gasteiger charge is -2.31. The minimum Gasteiger partial charge on any atom is -0.351 e. The molecule has 0 atom stereocenters. The molecule has 0 spiro atoms. The predicted octanol–water partition coefficient (Wildman–Crippen LogP) is 4.21. The Bertz CT molecular complexity index is 909. The molecule has 0 unspecified atom stereocenters. The molecule has 5 nitrogen and oxygen atoms in total. The maximum atomic E-state index is 12.9. The molecular formula is C21H26N4O. The Morgan fingerprint density at radius 2 is 1.92 bits per heavy atom. The molecule has 0 saturated carbocycles. The molecule has 0 radical (unpaired) electrons. The summed E-state index contributed by atoms with van der Waals surface area (Å²) in [7, 11) is 0. The molecule has 2 aromatic heterocycles. The van der Waals surface area contributed by atoms with E-state index in [1.165, 1.54) is 11.3 Å². The van der Waals surface area contributed by atoms with Crippen LogP contribution in [-0.2, 0) is 5.41 Å². The SMILES string of the molecule is CC(C)(C)c1ccc2cc(C(=O)N3CCC(c4ccn[nH]4)CC3)[nH]c2c1. The Kier molecular flexibility index (Phi) is 4.10. The van der Waals surface area contributed by atoms with Crippen LogP contribution < -0.4 is 0 Å². The number of piperidine rings is 1. The highest BCUT2D eigenvalue weighted by molar-refractivity contribution is 5.98. The average molecular weight is 350 g/mol. The number of aromatic amines is 2. The van der Waals surface area contributed by atoms with Crippen LogP contribution in [-0.4, -0.2) is 39.1 Å². The number of carbonyl (C=O) groups excluding carboxylic acids is 1. The lowest BCUT2D eigenvalue weighted by molar-refractivity contribution is 0.0707. The summed E-state index contributed by atoms with van der Waals surface area (Å²) >= 11 is 0. The highest BCUT2D eigenvalue weighted by Gasteiger charge is 2.26. The first-order chi connectivity index (χ1) is 12.4. The summed E-state index contributed by atoms with van der Waals surface area (Å²) in [4.78, 5) is 18.2. The van der Waals surface area contributed by atoms with Gasteiger partial charge in [0.25, 0.3) is 5.91 Å². The fraction of sp³-hybridized carbons (Fsp3) is 0.429. The largest absolute Gasteiger partial charge is 0.351 e. The number of amides is 1. The third-order valence-electron chi connectivity index (χ3n) is 5.46. The van der Waals surface area contributed by atoms with E-state index in [1.807, 2.05) is 17.0 Å². The molecule has 1 saturated heterocycles. The third kappa shape index (κ3) is 3.14. The van der Waals surface area contributed by atoms with Gasteiger partial charge in [0.1, 0.15) is 5.69 Å². The number of fused-ring (bicyclic) bond motifs is 1. The number of rotatable bonds is 2. The normalized spacial score (nSPS) is 16.3. The van der Waals surface area contributed by atoms with E-state index in [2.05, 4.69) is 54.2 Å². The first-order valence-corrected chi connectivity index (χ1v) is 9.33. The molecule has 26 heavy (non-hydrogen) atoms. The number of benzene rings is 1. The summed E-state index contributed by atoms with van der Waals surface area (Å²) in [5.74, 6) is 0.570. The molecule has 1 amide bonds. The number of hydrogen-bond donors (Lipinski definition) is 2. The Hall–Kier alpha value is -2.56. The lowest BCUT2D eigenvalue weighted by atomic mass is 9.87. The van der Waals surface area contributed by atoms with Gasteiger partial charge >= 0.3 is 0 Å². The van der Waals surface area contributed by atoms with Gasteiger partial charge in [-0.1, -0.05) is 32.9 Å². The van der Waals surface area contributed by atoms with Crippen molar-refractivity contribution in [3.8, 4) is 0 Å². The fourth-order valence-electron chi connectivity index (χ4n) is 3.77. The van der Waals surface area contributed by atoms with Crippen molar-refractivity contribution in [2.75, 3.05) is 13.1 Å². The summed E-state index contributed by atoms with van der Waals surface area (Å²) in [6.45, 7) is 8.17. The van der Waals surface area contributed by atoms with Gasteiger partial charge in [-0.15, -0.1) is 0 Å². The van der Waals surface area contributed by atoms with Gasteiger partial charge in [-0.05, 0) is 42.0 Å². The van der Waals surface area contributed by atoms with Gasteiger partial charge in [-0.25, -0.2) is 0 Å². The van der Waals surface area contributed by atoms with Crippen molar-refractivity contribution >= 4 is 16.8 Å². The molecule has 5 heteroatoms. The number of hydrogen-bond acceptors (Lipinski definition) is 2. The number of H-pyrrole nitrogens is 2. The number of aromatic nitrogens is 3. The second-order valence-electron chi connectivity index (χ2n) is 8.31. The smallest absolute Gasteiger partial charge is 0.270 e. The molecule has 3 heterocycles. The number of nitrogens with one attached hydrogen (secondary N) is 2. The first kappa shape index (κ1) is 16.9. The summed E-state index contributed by atoms with van der Waals surface area (Å²) in [6, 6.07) is 10.4. The molecule has 1 fully saturated rings. The molecule has 4 rings (SSSR count). The molecule has 1 aliphatic rings. The van der Waals surface area contributed by atoms with E-state index in [0.717, 1.165) is 36.8 Å². The van der Waals surface area contributed by atoms with E-state index < -0.39 is 0 Å². The Labute approximate surface area is 153 Å². The molecule has 1 aliphatic heterocycles. The minimum absolute atomic E-state index is 0.0953. The maximum Gasteiger partial charge on any atom is 0.270 e.